The Bertz CT molecular complexity index is 717. The fourth-order valence-corrected chi connectivity index (χ4v) is 3.21. The van der Waals surface area contributed by atoms with Gasteiger partial charge in [0.05, 0.1) is 18.8 Å². The Morgan fingerprint density at radius 2 is 2.00 bits per heavy atom. The average molecular weight is 341 g/mol. The van der Waals surface area contributed by atoms with Crippen molar-refractivity contribution in [3.8, 4) is 11.6 Å². The van der Waals surface area contributed by atoms with Gasteiger partial charge < -0.3 is 24.4 Å². The highest BCUT2D eigenvalue weighted by Gasteiger charge is 2.17. The van der Waals surface area contributed by atoms with Gasteiger partial charge in [-0.3, -0.25) is 0 Å². The third kappa shape index (κ3) is 3.70. The maximum atomic E-state index is 6.16. The van der Waals surface area contributed by atoms with E-state index in [4.69, 9.17) is 14.2 Å². The number of nitrogens with zero attached hydrogens (tertiary/aromatic N) is 2. The molecule has 25 heavy (non-hydrogen) atoms. The Balaban J connectivity index is 1.52. The Morgan fingerprint density at radius 1 is 1.12 bits per heavy atom. The molecule has 1 aromatic carbocycles. The molecule has 1 aromatic heterocycles. The van der Waals surface area contributed by atoms with E-state index in [0.29, 0.717) is 25.6 Å². The van der Waals surface area contributed by atoms with Crippen molar-refractivity contribution in [2.75, 3.05) is 44.4 Å². The highest BCUT2D eigenvalue weighted by Crippen LogP contribution is 2.29. The van der Waals surface area contributed by atoms with Crippen molar-refractivity contribution in [1.82, 2.24) is 10.3 Å². The number of para-hydroxylation sites is 1. The molecule has 0 amide bonds. The van der Waals surface area contributed by atoms with Gasteiger partial charge in [0, 0.05) is 43.6 Å². The molecule has 0 saturated carbocycles. The first-order valence-electron chi connectivity index (χ1n) is 8.76. The van der Waals surface area contributed by atoms with Gasteiger partial charge in [-0.05, 0) is 12.1 Å². The van der Waals surface area contributed by atoms with E-state index in [1.807, 2.05) is 6.07 Å². The van der Waals surface area contributed by atoms with Crippen LogP contribution >= 0.6 is 0 Å². The van der Waals surface area contributed by atoms with Crippen molar-refractivity contribution in [3.63, 3.8) is 0 Å². The van der Waals surface area contributed by atoms with E-state index in [1.54, 1.807) is 6.20 Å². The summed E-state index contributed by atoms with van der Waals surface area (Å²) >= 11 is 0. The highest BCUT2D eigenvalue weighted by molar-refractivity contribution is 5.54. The second kappa shape index (κ2) is 7.72. The standard InChI is InChI=1S/C19H23N3O3/c1-2-4-17(22-8-11-23-12-9-22)15(3-1)14-25-18-5-6-21-19-16(18)13-20-7-10-24-19/h1-6,20H,7-14H2. The lowest BCUT2D eigenvalue weighted by Gasteiger charge is -2.30. The molecule has 3 heterocycles. The van der Waals surface area contributed by atoms with E-state index >= 15 is 0 Å². The molecule has 2 aliphatic heterocycles. The van der Waals surface area contributed by atoms with Crippen LogP contribution in [-0.4, -0.2) is 44.4 Å². The second-order valence-electron chi connectivity index (χ2n) is 6.13. The van der Waals surface area contributed by atoms with Gasteiger partial charge in [-0.2, -0.15) is 0 Å². The van der Waals surface area contributed by atoms with Crippen molar-refractivity contribution in [2.24, 2.45) is 0 Å². The number of hydrogen-bond acceptors (Lipinski definition) is 6. The molecule has 0 bridgehead atoms. The molecule has 2 aliphatic rings. The van der Waals surface area contributed by atoms with Crippen LogP contribution in [0.4, 0.5) is 5.69 Å². The van der Waals surface area contributed by atoms with Gasteiger partial charge in [0.25, 0.3) is 0 Å². The van der Waals surface area contributed by atoms with Gasteiger partial charge in [-0.25, -0.2) is 4.98 Å². The third-order valence-corrected chi connectivity index (χ3v) is 4.52. The van der Waals surface area contributed by atoms with Crippen molar-refractivity contribution >= 4 is 5.69 Å². The van der Waals surface area contributed by atoms with E-state index < -0.39 is 0 Å². The summed E-state index contributed by atoms with van der Waals surface area (Å²) in [6, 6.07) is 10.3. The monoisotopic (exact) mass is 341 g/mol. The summed E-state index contributed by atoms with van der Waals surface area (Å²) < 4.78 is 17.3. The van der Waals surface area contributed by atoms with Gasteiger partial charge in [0.1, 0.15) is 19.0 Å². The first-order chi connectivity index (χ1) is 12.4. The summed E-state index contributed by atoms with van der Waals surface area (Å²) in [5.41, 5.74) is 3.39. The summed E-state index contributed by atoms with van der Waals surface area (Å²) in [4.78, 5) is 6.68. The van der Waals surface area contributed by atoms with Gasteiger partial charge in [-0.1, -0.05) is 18.2 Å². The van der Waals surface area contributed by atoms with Crippen molar-refractivity contribution in [2.45, 2.75) is 13.2 Å². The van der Waals surface area contributed by atoms with E-state index in [9.17, 15) is 0 Å². The molecule has 1 N–H and O–H groups in total. The molecule has 2 aromatic rings. The summed E-state index contributed by atoms with van der Waals surface area (Å²) in [6.07, 6.45) is 1.74. The molecule has 1 fully saturated rings. The quantitative estimate of drug-likeness (QED) is 0.918. The predicted molar refractivity (Wildman–Crippen MR) is 95.2 cm³/mol. The van der Waals surface area contributed by atoms with Crippen molar-refractivity contribution in [3.05, 3.63) is 47.7 Å². The van der Waals surface area contributed by atoms with Crippen LogP contribution < -0.4 is 19.7 Å². The Labute approximate surface area is 147 Å². The molecule has 0 unspecified atom stereocenters. The van der Waals surface area contributed by atoms with Crippen LogP contribution in [-0.2, 0) is 17.9 Å². The zero-order valence-corrected chi connectivity index (χ0v) is 14.2. The second-order valence-corrected chi connectivity index (χ2v) is 6.13. The molecule has 6 nitrogen and oxygen atoms in total. The van der Waals surface area contributed by atoms with Crippen LogP contribution in [0.15, 0.2) is 36.5 Å². The van der Waals surface area contributed by atoms with Crippen LogP contribution in [0.1, 0.15) is 11.1 Å². The fourth-order valence-electron chi connectivity index (χ4n) is 3.21. The summed E-state index contributed by atoms with van der Waals surface area (Å²) in [5, 5.41) is 3.34. The minimum Gasteiger partial charge on any atom is -0.488 e. The van der Waals surface area contributed by atoms with Crippen LogP contribution in [0.3, 0.4) is 0 Å². The molecule has 4 rings (SSSR count). The van der Waals surface area contributed by atoms with Crippen LogP contribution in [0, 0.1) is 0 Å². The topological polar surface area (TPSA) is 55.9 Å². The number of rotatable bonds is 4. The summed E-state index contributed by atoms with van der Waals surface area (Å²) in [7, 11) is 0. The number of fused-ring (bicyclic) bond motifs is 1. The first-order valence-corrected chi connectivity index (χ1v) is 8.76. The number of hydrogen-bond donors (Lipinski definition) is 1. The lowest BCUT2D eigenvalue weighted by molar-refractivity contribution is 0.122. The molecule has 0 spiro atoms. The molecule has 1 saturated heterocycles. The van der Waals surface area contributed by atoms with E-state index in [0.717, 1.165) is 44.2 Å². The van der Waals surface area contributed by atoms with Crippen LogP contribution in [0.5, 0.6) is 11.6 Å². The Morgan fingerprint density at radius 3 is 2.92 bits per heavy atom. The number of pyridine rings is 1. The lowest BCUT2D eigenvalue weighted by Crippen LogP contribution is -2.36. The number of aromatic nitrogens is 1. The highest BCUT2D eigenvalue weighted by atomic mass is 16.5. The maximum Gasteiger partial charge on any atom is 0.221 e. The van der Waals surface area contributed by atoms with E-state index in [1.165, 1.54) is 11.3 Å². The van der Waals surface area contributed by atoms with Gasteiger partial charge in [0.2, 0.25) is 5.88 Å². The minimum atomic E-state index is 0.518. The van der Waals surface area contributed by atoms with Crippen molar-refractivity contribution in [1.29, 1.82) is 0 Å². The Hall–Kier alpha value is -2.31. The first kappa shape index (κ1) is 16.2. The number of morpholine rings is 1. The molecule has 0 radical (unpaired) electrons. The zero-order valence-electron chi connectivity index (χ0n) is 14.2. The van der Waals surface area contributed by atoms with Gasteiger partial charge in [0.15, 0.2) is 0 Å². The van der Waals surface area contributed by atoms with E-state index in [-0.39, 0.29) is 0 Å². The number of benzene rings is 1. The molecule has 0 atom stereocenters. The molecular formula is C19H23N3O3. The molecule has 0 aliphatic carbocycles. The predicted octanol–water partition coefficient (Wildman–Crippen LogP) is 1.98. The number of ether oxygens (including phenoxy) is 3. The third-order valence-electron chi connectivity index (χ3n) is 4.52. The largest absolute Gasteiger partial charge is 0.488 e. The normalized spacial score (nSPS) is 17.4. The van der Waals surface area contributed by atoms with Crippen LogP contribution in [0.2, 0.25) is 0 Å². The number of anilines is 1. The smallest absolute Gasteiger partial charge is 0.221 e. The average Bonchev–Trinajstić information content (AvgIpc) is 2.93. The van der Waals surface area contributed by atoms with Gasteiger partial charge in [-0.15, -0.1) is 0 Å². The maximum absolute atomic E-state index is 6.16. The minimum absolute atomic E-state index is 0.518. The van der Waals surface area contributed by atoms with Crippen LogP contribution in [0.25, 0.3) is 0 Å². The van der Waals surface area contributed by atoms with E-state index in [2.05, 4.69) is 39.5 Å². The SMILES string of the molecule is c1ccc(N2CCOCC2)c(COc2ccnc3c2CNCCO3)c1. The Kier molecular flexibility index (Phi) is 4.99. The van der Waals surface area contributed by atoms with Crippen molar-refractivity contribution < 1.29 is 14.2 Å². The molecular weight excluding hydrogens is 318 g/mol. The fraction of sp³-hybridized carbons (Fsp3) is 0.421. The zero-order chi connectivity index (χ0) is 16.9. The molecule has 6 heteroatoms. The lowest BCUT2D eigenvalue weighted by atomic mass is 10.1. The molecule has 132 valence electrons. The summed E-state index contributed by atoms with van der Waals surface area (Å²) in [6.45, 7) is 6.05. The number of nitrogens with one attached hydrogen (secondary N) is 1. The summed E-state index contributed by atoms with van der Waals surface area (Å²) in [5.74, 6) is 1.50. The van der Waals surface area contributed by atoms with Gasteiger partial charge >= 0.3 is 0 Å².